The van der Waals surface area contributed by atoms with Gasteiger partial charge in [0, 0.05) is 12.2 Å². The molecule has 2 aromatic carbocycles. The lowest BCUT2D eigenvalue weighted by atomic mass is 10.2. The van der Waals surface area contributed by atoms with Gasteiger partial charge in [-0.2, -0.15) is 13.2 Å². The third-order valence-corrected chi connectivity index (χ3v) is 2.72. The zero-order valence-corrected chi connectivity index (χ0v) is 10.2. The van der Waals surface area contributed by atoms with Crippen LogP contribution in [0.15, 0.2) is 42.5 Å². The Hall–Kier alpha value is -2.24. The van der Waals surface area contributed by atoms with Gasteiger partial charge in [0.25, 0.3) is 0 Å². The van der Waals surface area contributed by atoms with Gasteiger partial charge in [-0.05, 0) is 42.0 Å². The number of hydrogen-bond donors (Lipinski definition) is 2. The summed E-state index contributed by atoms with van der Waals surface area (Å²) in [5.41, 5.74) is 0.338. The summed E-state index contributed by atoms with van der Waals surface area (Å²) < 4.78 is 50.2. The van der Waals surface area contributed by atoms with Crippen molar-refractivity contribution in [3.05, 3.63) is 59.4 Å². The molecule has 2 aromatic rings. The van der Waals surface area contributed by atoms with E-state index in [4.69, 9.17) is 5.11 Å². The standard InChI is InChI=1S/C14H11F4NO/c15-12-7-9(1-6-13(12)20)8-19-11-4-2-10(3-5-11)14(16,17)18/h1-7,19-20H,8H2. The molecule has 0 unspecified atom stereocenters. The van der Waals surface area contributed by atoms with Gasteiger partial charge in [-0.25, -0.2) is 4.39 Å². The average molecular weight is 285 g/mol. The van der Waals surface area contributed by atoms with Gasteiger partial charge in [0.1, 0.15) is 0 Å². The molecule has 6 heteroatoms. The second-order valence-corrected chi connectivity index (χ2v) is 4.21. The monoisotopic (exact) mass is 285 g/mol. The van der Waals surface area contributed by atoms with E-state index >= 15 is 0 Å². The lowest BCUT2D eigenvalue weighted by Gasteiger charge is -2.10. The largest absolute Gasteiger partial charge is 0.505 e. The van der Waals surface area contributed by atoms with Crippen LogP contribution in [0.3, 0.4) is 0 Å². The van der Waals surface area contributed by atoms with Gasteiger partial charge >= 0.3 is 6.18 Å². The maximum Gasteiger partial charge on any atom is 0.416 e. The molecule has 0 aliphatic rings. The van der Waals surface area contributed by atoms with E-state index in [1.165, 1.54) is 24.3 Å². The van der Waals surface area contributed by atoms with Crippen molar-refractivity contribution in [1.29, 1.82) is 0 Å². The van der Waals surface area contributed by atoms with Gasteiger partial charge in [-0.3, -0.25) is 0 Å². The number of anilines is 1. The first-order chi connectivity index (χ1) is 9.36. The summed E-state index contributed by atoms with van der Waals surface area (Å²) >= 11 is 0. The van der Waals surface area contributed by atoms with Crippen LogP contribution in [0.5, 0.6) is 5.75 Å². The molecule has 0 fully saturated rings. The molecule has 2 nitrogen and oxygen atoms in total. The highest BCUT2D eigenvalue weighted by molar-refractivity contribution is 5.46. The molecule has 0 bridgehead atoms. The first-order valence-corrected chi connectivity index (χ1v) is 5.75. The van der Waals surface area contributed by atoms with Gasteiger partial charge in [-0.1, -0.05) is 6.07 Å². The number of nitrogens with one attached hydrogen (secondary N) is 1. The van der Waals surface area contributed by atoms with E-state index in [-0.39, 0.29) is 6.54 Å². The van der Waals surface area contributed by atoms with Crippen molar-refractivity contribution in [3.63, 3.8) is 0 Å². The number of aromatic hydroxyl groups is 1. The van der Waals surface area contributed by atoms with Crippen LogP contribution in [-0.4, -0.2) is 5.11 Å². The number of phenols is 1. The Morgan fingerprint density at radius 1 is 1.00 bits per heavy atom. The van der Waals surface area contributed by atoms with Gasteiger partial charge in [0.2, 0.25) is 0 Å². The zero-order chi connectivity index (χ0) is 14.8. The van der Waals surface area contributed by atoms with Crippen LogP contribution in [0.1, 0.15) is 11.1 Å². The first kappa shape index (κ1) is 14.2. The molecule has 0 saturated carbocycles. The van der Waals surface area contributed by atoms with Crippen LogP contribution >= 0.6 is 0 Å². The number of benzene rings is 2. The number of phenolic OH excluding ortho intramolecular Hbond substituents is 1. The van der Waals surface area contributed by atoms with Crippen LogP contribution < -0.4 is 5.32 Å². The average Bonchev–Trinajstić information content (AvgIpc) is 2.40. The predicted octanol–water partition coefficient (Wildman–Crippen LogP) is 4.16. The fourth-order valence-electron chi connectivity index (χ4n) is 1.64. The second-order valence-electron chi connectivity index (χ2n) is 4.21. The molecule has 0 aromatic heterocycles. The Morgan fingerprint density at radius 2 is 1.65 bits per heavy atom. The minimum atomic E-state index is -4.36. The minimum absolute atomic E-state index is 0.239. The molecule has 106 valence electrons. The number of rotatable bonds is 3. The van der Waals surface area contributed by atoms with E-state index in [1.807, 2.05) is 0 Å². The maximum atomic E-state index is 13.1. The zero-order valence-electron chi connectivity index (χ0n) is 10.2. The Kier molecular flexibility index (Phi) is 3.83. The summed E-state index contributed by atoms with van der Waals surface area (Å²) in [4.78, 5) is 0. The summed E-state index contributed by atoms with van der Waals surface area (Å²) in [5, 5.41) is 11.9. The summed E-state index contributed by atoms with van der Waals surface area (Å²) in [5.74, 6) is -1.18. The molecule has 20 heavy (non-hydrogen) atoms. The topological polar surface area (TPSA) is 32.3 Å². The molecule has 0 aliphatic heterocycles. The molecule has 0 radical (unpaired) electrons. The third kappa shape index (κ3) is 3.40. The quantitative estimate of drug-likeness (QED) is 0.830. The molecule has 0 atom stereocenters. The third-order valence-electron chi connectivity index (χ3n) is 2.72. The van der Waals surface area contributed by atoms with Gasteiger partial charge in [0.05, 0.1) is 5.56 Å². The Bertz CT molecular complexity index is 593. The maximum absolute atomic E-state index is 13.1. The lowest BCUT2D eigenvalue weighted by Crippen LogP contribution is -2.05. The Labute approximate surface area is 112 Å². The number of hydrogen-bond acceptors (Lipinski definition) is 2. The lowest BCUT2D eigenvalue weighted by molar-refractivity contribution is -0.137. The van der Waals surface area contributed by atoms with Crippen LogP contribution in [0.25, 0.3) is 0 Å². The number of alkyl halides is 3. The van der Waals surface area contributed by atoms with E-state index < -0.39 is 23.3 Å². The van der Waals surface area contributed by atoms with Crippen LogP contribution in [0, 0.1) is 5.82 Å². The molecule has 0 aliphatic carbocycles. The van der Waals surface area contributed by atoms with Crippen molar-refractivity contribution in [2.45, 2.75) is 12.7 Å². The molecule has 0 heterocycles. The van der Waals surface area contributed by atoms with Gasteiger partial charge < -0.3 is 10.4 Å². The summed E-state index contributed by atoms with van der Waals surface area (Å²) in [6.07, 6.45) is -4.36. The molecule has 0 spiro atoms. The van der Waals surface area contributed by atoms with Gasteiger partial charge in [0.15, 0.2) is 11.6 Å². The van der Waals surface area contributed by atoms with Crippen LogP contribution in [-0.2, 0) is 12.7 Å². The highest BCUT2D eigenvalue weighted by Crippen LogP contribution is 2.29. The van der Waals surface area contributed by atoms with Crippen molar-refractivity contribution >= 4 is 5.69 Å². The van der Waals surface area contributed by atoms with E-state index in [2.05, 4.69) is 5.32 Å². The normalized spacial score (nSPS) is 11.4. The molecular formula is C14H11F4NO. The van der Waals surface area contributed by atoms with E-state index in [9.17, 15) is 17.6 Å². The van der Waals surface area contributed by atoms with E-state index in [1.54, 1.807) is 0 Å². The predicted molar refractivity (Wildman–Crippen MR) is 66.8 cm³/mol. The van der Waals surface area contributed by atoms with Crippen LogP contribution in [0.4, 0.5) is 23.2 Å². The molecule has 2 rings (SSSR count). The summed E-state index contributed by atoms with van der Waals surface area (Å²) in [7, 11) is 0. The van der Waals surface area contributed by atoms with E-state index in [0.717, 1.165) is 18.2 Å². The molecule has 0 amide bonds. The van der Waals surface area contributed by atoms with Crippen molar-refractivity contribution in [2.24, 2.45) is 0 Å². The van der Waals surface area contributed by atoms with Crippen LogP contribution in [0.2, 0.25) is 0 Å². The highest BCUT2D eigenvalue weighted by Gasteiger charge is 2.29. The molecule has 0 saturated heterocycles. The van der Waals surface area contributed by atoms with Crippen molar-refractivity contribution in [2.75, 3.05) is 5.32 Å². The van der Waals surface area contributed by atoms with Crippen molar-refractivity contribution in [1.82, 2.24) is 0 Å². The highest BCUT2D eigenvalue weighted by atomic mass is 19.4. The van der Waals surface area contributed by atoms with Gasteiger partial charge in [-0.15, -0.1) is 0 Å². The number of halogens is 4. The van der Waals surface area contributed by atoms with Crippen molar-refractivity contribution < 1.29 is 22.7 Å². The Balaban J connectivity index is 2.02. The SMILES string of the molecule is Oc1ccc(CNc2ccc(C(F)(F)F)cc2)cc1F. The minimum Gasteiger partial charge on any atom is -0.505 e. The smallest absolute Gasteiger partial charge is 0.416 e. The fraction of sp³-hybridized carbons (Fsp3) is 0.143. The van der Waals surface area contributed by atoms with E-state index in [0.29, 0.717) is 11.3 Å². The Morgan fingerprint density at radius 3 is 2.20 bits per heavy atom. The first-order valence-electron chi connectivity index (χ1n) is 5.75. The van der Waals surface area contributed by atoms with Crippen molar-refractivity contribution in [3.8, 4) is 5.75 Å². The molecule has 2 N–H and O–H groups in total. The fourth-order valence-corrected chi connectivity index (χ4v) is 1.64. The second kappa shape index (κ2) is 5.40. The molecular weight excluding hydrogens is 274 g/mol. The summed E-state index contributed by atoms with van der Waals surface area (Å²) in [6, 6.07) is 8.46. The summed E-state index contributed by atoms with van der Waals surface area (Å²) in [6.45, 7) is 0.239.